The van der Waals surface area contributed by atoms with E-state index in [2.05, 4.69) is 9.88 Å². The number of nitrogens with zero attached hydrogens (tertiary/aromatic N) is 5. The quantitative estimate of drug-likeness (QED) is 0.456. The van der Waals surface area contributed by atoms with Gasteiger partial charge in [0.05, 0.1) is 25.2 Å². The van der Waals surface area contributed by atoms with Crippen molar-refractivity contribution in [2.45, 2.75) is 25.3 Å². The van der Waals surface area contributed by atoms with E-state index in [4.69, 9.17) is 9.47 Å². The average molecular weight is 494 g/mol. The molecular weight excluding hydrogens is 458 g/mol. The molecule has 1 aliphatic heterocycles. The van der Waals surface area contributed by atoms with Crippen LogP contribution in [0.3, 0.4) is 0 Å². The van der Waals surface area contributed by atoms with Gasteiger partial charge < -0.3 is 18.9 Å². The summed E-state index contributed by atoms with van der Waals surface area (Å²) < 4.78 is 40.1. The number of aryl methyl sites for hydroxylation is 3. The van der Waals surface area contributed by atoms with E-state index in [1.54, 1.807) is 44.2 Å². The Morgan fingerprint density at radius 2 is 1.79 bits per heavy atom. The third-order valence-electron chi connectivity index (χ3n) is 6.12. The van der Waals surface area contributed by atoms with Crippen molar-refractivity contribution in [2.75, 3.05) is 60.1 Å². The Balaban J connectivity index is 1.43. The fraction of sp³-hybridized carbons (Fsp3) is 0.565. The second-order valence-electron chi connectivity index (χ2n) is 8.58. The summed E-state index contributed by atoms with van der Waals surface area (Å²) in [6.45, 7) is 7.31. The van der Waals surface area contributed by atoms with E-state index in [1.807, 2.05) is 17.8 Å². The Morgan fingerprint density at radius 1 is 1.15 bits per heavy atom. The number of aromatic nitrogens is 2. The summed E-state index contributed by atoms with van der Waals surface area (Å²) in [5.41, 5.74) is 1.25. The van der Waals surface area contributed by atoms with Gasteiger partial charge >= 0.3 is 0 Å². The minimum absolute atomic E-state index is 0.0617. The monoisotopic (exact) mass is 493 g/mol. The second-order valence-corrected chi connectivity index (χ2v) is 10.6. The highest BCUT2D eigenvalue weighted by Crippen LogP contribution is 2.27. The molecule has 2 aromatic rings. The average Bonchev–Trinajstić information content (AvgIpc) is 3.20. The smallest absolute Gasteiger partial charge is 0.248 e. The molecule has 1 aliphatic rings. The molecule has 1 fully saturated rings. The van der Waals surface area contributed by atoms with Gasteiger partial charge in [0.25, 0.3) is 0 Å². The number of piperazine rings is 1. The number of amides is 1. The van der Waals surface area contributed by atoms with E-state index in [0.717, 1.165) is 25.5 Å². The molecule has 188 valence electrons. The predicted molar refractivity (Wildman–Crippen MR) is 128 cm³/mol. The number of imidazole rings is 1. The molecule has 0 N–H and O–H groups in total. The molecule has 1 saturated heterocycles. The maximum Gasteiger partial charge on any atom is 0.248 e. The zero-order valence-electron chi connectivity index (χ0n) is 20.7. The van der Waals surface area contributed by atoms with Crippen LogP contribution in [0.25, 0.3) is 0 Å². The zero-order chi connectivity index (χ0) is 24.9. The van der Waals surface area contributed by atoms with Gasteiger partial charge in [0, 0.05) is 59.2 Å². The summed E-state index contributed by atoms with van der Waals surface area (Å²) in [6.07, 6.45) is 3.71. The highest BCUT2D eigenvalue weighted by atomic mass is 32.2. The van der Waals surface area contributed by atoms with Crippen molar-refractivity contribution in [1.82, 2.24) is 23.7 Å². The molecular formula is C23H35N5O5S. The molecule has 3 rings (SSSR count). The molecule has 34 heavy (non-hydrogen) atoms. The Kier molecular flexibility index (Phi) is 8.69. The predicted octanol–water partition coefficient (Wildman–Crippen LogP) is 1.03. The van der Waals surface area contributed by atoms with Crippen LogP contribution < -0.4 is 4.74 Å². The summed E-state index contributed by atoms with van der Waals surface area (Å²) >= 11 is 0. The van der Waals surface area contributed by atoms with Gasteiger partial charge in [0.1, 0.15) is 18.2 Å². The van der Waals surface area contributed by atoms with Gasteiger partial charge in [-0.1, -0.05) is 0 Å². The lowest BCUT2D eigenvalue weighted by atomic mass is 10.1. The number of ether oxygens (including phenoxy) is 2. The molecule has 0 unspecified atom stereocenters. The molecule has 1 aromatic heterocycles. The van der Waals surface area contributed by atoms with E-state index < -0.39 is 10.0 Å². The first-order valence-corrected chi connectivity index (χ1v) is 12.7. The number of sulfonamides is 1. The van der Waals surface area contributed by atoms with E-state index in [-0.39, 0.29) is 30.6 Å². The van der Waals surface area contributed by atoms with Crippen LogP contribution in [0.15, 0.2) is 29.4 Å². The van der Waals surface area contributed by atoms with Crippen molar-refractivity contribution >= 4 is 15.9 Å². The topological polar surface area (TPSA) is 97.2 Å². The third-order valence-corrected chi connectivity index (χ3v) is 8.29. The number of hydrogen-bond donors (Lipinski definition) is 0. The third kappa shape index (κ3) is 6.15. The lowest BCUT2D eigenvalue weighted by Crippen LogP contribution is -2.49. The number of carbonyl (C=O) groups excluding carboxylic acids is 1. The van der Waals surface area contributed by atoms with Crippen LogP contribution in [0.1, 0.15) is 17.0 Å². The van der Waals surface area contributed by atoms with Gasteiger partial charge in [-0.25, -0.2) is 13.4 Å². The van der Waals surface area contributed by atoms with Crippen molar-refractivity contribution in [2.24, 2.45) is 7.05 Å². The highest BCUT2D eigenvalue weighted by Gasteiger charge is 2.26. The summed E-state index contributed by atoms with van der Waals surface area (Å²) in [5.74, 6) is 1.54. The van der Waals surface area contributed by atoms with Crippen LogP contribution in [-0.4, -0.2) is 98.1 Å². The summed E-state index contributed by atoms with van der Waals surface area (Å²) in [6, 6.07) is 3.41. The van der Waals surface area contributed by atoms with Crippen LogP contribution in [0.2, 0.25) is 0 Å². The van der Waals surface area contributed by atoms with Crippen LogP contribution in [0, 0.1) is 13.8 Å². The van der Waals surface area contributed by atoms with E-state index in [1.165, 1.54) is 11.4 Å². The molecule has 0 atom stereocenters. The van der Waals surface area contributed by atoms with Crippen LogP contribution in [0.5, 0.6) is 5.75 Å². The lowest BCUT2D eigenvalue weighted by Gasteiger charge is -2.34. The van der Waals surface area contributed by atoms with Gasteiger partial charge in [0.2, 0.25) is 15.9 Å². The van der Waals surface area contributed by atoms with Crippen molar-refractivity contribution in [3.8, 4) is 5.75 Å². The van der Waals surface area contributed by atoms with E-state index >= 15 is 0 Å². The fourth-order valence-corrected chi connectivity index (χ4v) is 5.62. The first kappa shape index (κ1) is 26.1. The standard InChI is InChI=1S/C23H35N5O5S/c1-18-14-20(32-5)15-19(2)23(18)34(30,31)26(4)12-13-33-17-22(29)28-10-8-27(9-11-28)16-21-24-6-7-25(21)3/h6-7,14-15H,8-13,16-17H2,1-5H3. The maximum absolute atomic E-state index is 13.1. The van der Waals surface area contributed by atoms with Crippen molar-refractivity contribution in [1.29, 1.82) is 0 Å². The number of methoxy groups -OCH3 is 1. The number of carbonyl (C=O) groups is 1. The Hall–Kier alpha value is -2.47. The largest absolute Gasteiger partial charge is 0.497 e. The molecule has 0 radical (unpaired) electrons. The van der Waals surface area contributed by atoms with Crippen LogP contribution >= 0.6 is 0 Å². The van der Waals surface area contributed by atoms with Crippen LogP contribution in [-0.2, 0) is 33.1 Å². The van der Waals surface area contributed by atoms with Crippen molar-refractivity contribution in [3.63, 3.8) is 0 Å². The first-order valence-electron chi connectivity index (χ1n) is 11.3. The Morgan fingerprint density at radius 3 is 2.35 bits per heavy atom. The Labute approximate surface area is 202 Å². The minimum Gasteiger partial charge on any atom is -0.497 e. The minimum atomic E-state index is -3.69. The summed E-state index contributed by atoms with van der Waals surface area (Å²) in [5, 5.41) is 0. The van der Waals surface area contributed by atoms with E-state index in [9.17, 15) is 13.2 Å². The fourth-order valence-electron chi connectivity index (χ4n) is 4.06. The molecule has 1 amide bonds. The Bertz CT molecular complexity index is 1070. The molecule has 0 aliphatic carbocycles. The number of rotatable bonds is 10. The molecule has 11 heteroatoms. The molecule has 10 nitrogen and oxygen atoms in total. The zero-order valence-corrected chi connectivity index (χ0v) is 21.5. The first-order chi connectivity index (χ1) is 16.1. The summed E-state index contributed by atoms with van der Waals surface area (Å²) in [7, 11) is 1.36. The van der Waals surface area contributed by atoms with Gasteiger partial charge in [0.15, 0.2) is 0 Å². The van der Waals surface area contributed by atoms with Crippen molar-refractivity contribution < 1.29 is 22.7 Å². The lowest BCUT2D eigenvalue weighted by molar-refractivity contribution is -0.138. The normalized spacial score (nSPS) is 15.2. The molecule has 1 aromatic carbocycles. The maximum atomic E-state index is 13.1. The van der Waals surface area contributed by atoms with Gasteiger partial charge in [-0.15, -0.1) is 0 Å². The number of hydrogen-bond acceptors (Lipinski definition) is 7. The number of benzene rings is 1. The van der Waals surface area contributed by atoms with Crippen molar-refractivity contribution in [3.05, 3.63) is 41.5 Å². The van der Waals surface area contributed by atoms with E-state index in [0.29, 0.717) is 30.0 Å². The highest BCUT2D eigenvalue weighted by molar-refractivity contribution is 7.89. The summed E-state index contributed by atoms with van der Waals surface area (Å²) in [4.78, 5) is 21.2. The molecule has 0 saturated carbocycles. The van der Waals surface area contributed by atoms with Gasteiger partial charge in [-0.05, 0) is 37.1 Å². The SMILES string of the molecule is COc1cc(C)c(S(=O)(=O)N(C)CCOCC(=O)N2CCN(Cc3nccn3C)CC2)c(C)c1. The second kappa shape index (κ2) is 11.3. The molecule has 0 bridgehead atoms. The van der Waals surface area contributed by atoms with Gasteiger partial charge in [-0.2, -0.15) is 4.31 Å². The van der Waals surface area contributed by atoms with Gasteiger partial charge in [-0.3, -0.25) is 9.69 Å². The van der Waals surface area contributed by atoms with Crippen LogP contribution in [0.4, 0.5) is 0 Å². The number of likely N-dealkylation sites (N-methyl/N-ethyl adjacent to an activating group) is 1. The molecule has 2 heterocycles. The molecule has 0 spiro atoms.